The molecule has 0 aliphatic rings. The number of rotatable bonds is 6. The minimum absolute atomic E-state index is 0.189. The van der Waals surface area contributed by atoms with Crippen molar-refractivity contribution in [1.82, 2.24) is 0 Å². The Morgan fingerprint density at radius 1 is 1.16 bits per heavy atom. The summed E-state index contributed by atoms with van der Waals surface area (Å²) in [4.78, 5) is 25.2. The first kappa shape index (κ1) is 19.6. The van der Waals surface area contributed by atoms with Gasteiger partial charge in [-0.3, -0.25) is 4.79 Å². The number of amides is 1. The van der Waals surface area contributed by atoms with E-state index in [2.05, 4.69) is 10.1 Å². The molecule has 2 aromatic carbocycles. The second kappa shape index (κ2) is 9.13. The molecular formula is C18H17Cl2NO3S. The molecule has 0 radical (unpaired) electrons. The Labute approximate surface area is 160 Å². The van der Waals surface area contributed by atoms with Crippen LogP contribution in [0.2, 0.25) is 10.0 Å². The fourth-order valence-electron chi connectivity index (χ4n) is 2.08. The van der Waals surface area contributed by atoms with Crippen molar-refractivity contribution in [3.05, 3.63) is 58.1 Å². The molecule has 1 amide bonds. The van der Waals surface area contributed by atoms with Crippen LogP contribution in [-0.2, 0) is 9.53 Å². The zero-order valence-corrected chi connectivity index (χ0v) is 16.0. The lowest BCUT2D eigenvalue weighted by Crippen LogP contribution is -2.24. The Morgan fingerprint density at radius 2 is 1.84 bits per heavy atom. The second-order valence-electron chi connectivity index (χ2n) is 5.14. The fourth-order valence-corrected chi connectivity index (χ4v) is 3.32. The van der Waals surface area contributed by atoms with Gasteiger partial charge in [0.2, 0.25) is 5.91 Å². The molecule has 0 bridgehead atoms. The van der Waals surface area contributed by atoms with Crippen molar-refractivity contribution in [3.8, 4) is 0 Å². The summed E-state index contributed by atoms with van der Waals surface area (Å²) in [6, 6.07) is 11.9. The van der Waals surface area contributed by atoms with Crippen LogP contribution < -0.4 is 5.32 Å². The van der Waals surface area contributed by atoms with Crippen LogP contribution in [-0.4, -0.2) is 24.2 Å². The quantitative estimate of drug-likeness (QED) is 0.531. The molecule has 0 aliphatic heterocycles. The summed E-state index contributed by atoms with van der Waals surface area (Å²) in [6.45, 7) is 1.93. The smallest absolute Gasteiger partial charge is 0.337 e. The van der Waals surface area contributed by atoms with Gasteiger partial charge in [-0.05, 0) is 48.9 Å². The molecule has 0 spiro atoms. The Balaban J connectivity index is 2.13. The third-order valence-electron chi connectivity index (χ3n) is 3.40. The van der Waals surface area contributed by atoms with E-state index >= 15 is 0 Å². The molecular weight excluding hydrogens is 381 g/mol. The SMILES string of the molecule is CCC(Sc1ccc(Cl)cc1)C(=O)Nc1cc(C(=O)OC)ccc1Cl. The van der Waals surface area contributed by atoms with E-state index in [-0.39, 0.29) is 11.2 Å². The van der Waals surface area contributed by atoms with Crippen molar-refractivity contribution < 1.29 is 14.3 Å². The number of carbonyl (C=O) groups excluding carboxylic acids is 2. The van der Waals surface area contributed by atoms with Crippen LogP contribution in [0.1, 0.15) is 23.7 Å². The molecule has 132 valence electrons. The lowest BCUT2D eigenvalue weighted by Gasteiger charge is -2.16. The first-order valence-electron chi connectivity index (χ1n) is 7.55. The predicted octanol–water partition coefficient (Wildman–Crippen LogP) is 5.29. The van der Waals surface area contributed by atoms with E-state index in [9.17, 15) is 9.59 Å². The zero-order valence-electron chi connectivity index (χ0n) is 13.7. The Bertz CT molecular complexity index is 765. The van der Waals surface area contributed by atoms with E-state index in [1.54, 1.807) is 24.3 Å². The molecule has 4 nitrogen and oxygen atoms in total. The zero-order chi connectivity index (χ0) is 18.4. The molecule has 0 saturated heterocycles. The molecule has 0 saturated carbocycles. The molecule has 1 N–H and O–H groups in total. The molecule has 0 heterocycles. The van der Waals surface area contributed by atoms with Gasteiger partial charge in [0.05, 0.1) is 28.6 Å². The monoisotopic (exact) mass is 397 g/mol. The number of ether oxygens (including phenoxy) is 1. The molecule has 25 heavy (non-hydrogen) atoms. The van der Waals surface area contributed by atoms with E-state index in [0.717, 1.165) is 4.90 Å². The van der Waals surface area contributed by atoms with E-state index in [1.807, 2.05) is 19.1 Å². The van der Waals surface area contributed by atoms with Crippen molar-refractivity contribution in [1.29, 1.82) is 0 Å². The van der Waals surface area contributed by atoms with Gasteiger partial charge in [0.25, 0.3) is 0 Å². The summed E-state index contributed by atoms with van der Waals surface area (Å²) in [5.41, 5.74) is 0.699. The maximum absolute atomic E-state index is 12.6. The van der Waals surface area contributed by atoms with Crippen LogP contribution in [0, 0.1) is 0 Å². The van der Waals surface area contributed by atoms with Gasteiger partial charge in [0.1, 0.15) is 0 Å². The summed E-state index contributed by atoms with van der Waals surface area (Å²) < 4.78 is 4.68. The van der Waals surface area contributed by atoms with Gasteiger partial charge in [-0.1, -0.05) is 30.1 Å². The predicted molar refractivity (Wildman–Crippen MR) is 103 cm³/mol. The minimum atomic E-state index is -0.491. The number of halogens is 2. The van der Waals surface area contributed by atoms with Crippen LogP contribution >= 0.6 is 35.0 Å². The number of hydrogen-bond acceptors (Lipinski definition) is 4. The number of methoxy groups -OCH3 is 1. The van der Waals surface area contributed by atoms with Gasteiger partial charge in [0.15, 0.2) is 0 Å². The topological polar surface area (TPSA) is 55.4 Å². The number of nitrogens with one attached hydrogen (secondary N) is 1. The molecule has 0 aromatic heterocycles. The highest BCUT2D eigenvalue weighted by molar-refractivity contribution is 8.00. The van der Waals surface area contributed by atoms with Crippen LogP contribution in [0.3, 0.4) is 0 Å². The molecule has 2 aromatic rings. The summed E-state index contributed by atoms with van der Waals surface area (Å²) in [7, 11) is 1.30. The molecule has 0 fully saturated rings. The van der Waals surface area contributed by atoms with E-state index < -0.39 is 5.97 Å². The average Bonchev–Trinajstić information content (AvgIpc) is 2.62. The summed E-state index contributed by atoms with van der Waals surface area (Å²) in [5, 5.41) is 3.48. The maximum atomic E-state index is 12.6. The standard InChI is InChI=1S/C18H17Cl2NO3S/c1-3-16(25-13-7-5-12(19)6-8-13)17(22)21-15-10-11(18(23)24-2)4-9-14(15)20/h4-10,16H,3H2,1-2H3,(H,21,22). The number of hydrogen-bond donors (Lipinski definition) is 1. The third-order valence-corrected chi connectivity index (χ3v) is 5.36. The highest BCUT2D eigenvalue weighted by Gasteiger charge is 2.20. The summed E-state index contributed by atoms with van der Waals surface area (Å²) >= 11 is 13.4. The summed E-state index contributed by atoms with van der Waals surface area (Å²) in [6.07, 6.45) is 0.632. The first-order chi connectivity index (χ1) is 11.9. The van der Waals surface area contributed by atoms with Crippen molar-refractivity contribution >= 4 is 52.5 Å². The highest BCUT2D eigenvalue weighted by Crippen LogP contribution is 2.29. The van der Waals surface area contributed by atoms with Crippen LogP contribution in [0.4, 0.5) is 5.69 Å². The van der Waals surface area contributed by atoms with Crippen molar-refractivity contribution in [2.24, 2.45) is 0 Å². The second-order valence-corrected chi connectivity index (χ2v) is 7.26. The normalized spacial score (nSPS) is 11.7. The van der Waals surface area contributed by atoms with Crippen LogP contribution in [0.25, 0.3) is 0 Å². The average molecular weight is 398 g/mol. The Morgan fingerprint density at radius 3 is 2.44 bits per heavy atom. The van der Waals surface area contributed by atoms with Gasteiger partial charge in [-0.25, -0.2) is 4.79 Å². The first-order valence-corrected chi connectivity index (χ1v) is 9.19. The fraction of sp³-hybridized carbons (Fsp3) is 0.222. The Kier molecular flexibility index (Phi) is 7.17. The van der Waals surface area contributed by atoms with Crippen LogP contribution in [0.15, 0.2) is 47.4 Å². The number of thioether (sulfide) groups is 1. The maximum Gasteiger partial charge on any atom is 0.337 e. The number of benzene rings is 2. The van der Waals surface area contributed by atoms with Gasteiger partial charge in [0, 0.05) is 9.92 Å². The summed E-state index contributed by atoms with van der Waals surface area (Å²) in [5.74, 6) is -0.680. The largest absolute Gasteiger partial charge is 0.465 e. The van der Waals surface area contributed by atoms with Gasteiger partial charge >= 0.3 is 5.97 Å². The van der Waals surface area contributed by atoms with Crippen molar-refractivity contribution in [2.45, 2.75) is 23.5 Å². The lowest BCUT2D eigenvalue weighted by atomic mass is 10.2. The number of carbonyl (C=O) groups is 2. The molecule has 0 aliphatic carbocycles. The van der Waals surface area contributed by atoms with Gasteiger partial charge in [-0.2, -0.15) is 0 Å². The van der Waals surface area contributed by atoms with Crippen molar-refractivity contribution in [3.63, 3.8) is 0 Å². The number of anilines is 1. The van der Waals surface area contributed by atoms with E-state index in [4.69, 9.17) is 23.2 Å². The third kappa shape index (κ3) is 5.39. The number of esters is 1. The van der Waals surface area contributed by atoms with E-state index in [0.29, 0.717) is 27.7 Å². The Hall–Kier alpha value is -1.69. The molecule has 2 rings (SSSR count). The highest BCUT2D eigenvalue weighted by atomic mass is 35.5. The van der Waals surface area contributed by atoms with Crippen LogP contribution in [0.5, 0.6) is 0 Å². The van der Waals surface area contributed by atoms with Gasteiger partial charge in [-0.15, -0.1) is 11.8 Å². The van der Waals surface area contributed by atoms with E-state index in [1.165, 1.54) is 24.9 Å². The minimum Gasteiger partial charge on any atom is -0.465 e. The molecule has 1 unspecified atom stereocenters. The van der Waals surface area contributed by atoms with Gasteiger partial charge < -0.3 is 10.1 Å². The molecule has 1 atom stereocenters. The molecule has 7 heteroatoms. The van der Waals surface area contributed by atoms with Crippen molar-refractivity contribution in [2.75, 3.05) is 12.4 Å². The lowest BCUT2D eigenvalue weighted by molar-refractivity contribution is -0.115.